The molecule has 1 amide bonds. The number of nitrogens with zero attached hydrogens (tertiary/aromatic N) is 3. The molecule has 0 spiro atoms. The van der Waals surface area contributed by atoms with Gasteiger partial charge in [0.1, 0.15) is 0 Å². The molecule has 12 heavy (non-hydrogen) atoms. The van der Waals surface area contributed by atoms with Gasteiger partial charge in [-0.05, 0) is 48.6 Å². The van der Waals surface area contributed by atoms with Crippen molar-refractivity contribution in [3.63, 3.8) is 0 Å². The molecule has 0 N–H and O–H groups in total. The van der Waals surface area contributed by atoms with E-state index in [1.165, 1.54) is 11.3 Å². The Morgan fingerprint density at radius 3 is 2.75 bits per heavy atom. The zero-order valence-corrected chi connectivity index (χ0v) is 9.48. The van der Waals surface area contributed by atoms with Gasteiger partial charge in [0.2, 0.25) is 0 Å². The smallest absolute Gasteiger partial charge is 0.251 e. The highest BCUT2D eigenvalue weighted by Gasteiger charge is 2.11. The fourth-order valence-corrected chi connectivity index (χ4v) is 3.36. The van der Waals surface area contributed by atoms with Crippen molar-refractivity contribution in [2.24, 2.45) is 5.11 Å². The van der Waals surface area contributed by atoms with E-state index in [1.54, 1.807) is 6.07 Å². The van der Waals surface area contributed by atoms with Crippen molar-refractivity contribution in [3.8, 4) is 0 Å². The summed E-state index contributed by atoms with van der Waals surface area (Å²) in [4.78, 5) is 13.4. The fraction of sp³-hybridized carbons (Fsp3) is 0. The summed E-state index contributed by atoms with van der Waals surface area (Å²) in [6, 6.07) is 1.60. The monoisotopic (exact) mass is 309 g/mol. The minimum Gasteiger partial charge on any atom is -0.287 e. The lowest BCUT2D eigenvalue weighted by Gasteiger charge is -1.86. The van der Waals surface area contributed by atoms with Crippen LogP contribution in [0.3, 0.4) is 0 Å². The number of rotatable bonds is 1. The molecule has 0 aliphatic heterocycles. The maximum atomic E-state index is 11.0. The number of carbonyl (C=O) groups excluding carboxylic acids is 1. The summed E-state index contributed by atoms with van der Waals surface area (Å²) < 4.78 is 1.47. The maximum Gasteiger partial charge on any atom is 0.251 e. The first kappa shape index (κ1) is 9.73. The number of halogens is 2. The molecular formula is C5HBr2N3OS. The zero-order chi connectivity index (χ0) is 9.14. The number of thiophene rings is 1. The highest BCUT2D eigenvalue weighted by atomic mass is 79.9. The molecule has 62 valence electrons. The van der Waals surface area contributed by atoms with Gasteiger partial charge in [-0.25, -0.2) is 0 Å². The van der Waals surface area contributed by atoms with Crippen LogP contribution < -0.4 is 0 Å². The largest absolute Gasteiger partial charge is 0.287 e. The number of hydrogen-bond donors (Lipinski definition) is 0. The van der Waals surface area contributed by atoms with Crippen LogP contribution in [-0.2, 0) is 0 Å². The third-order valence-electron chi connectivity index (χ3n) is 1.02. The van der Waals surface area contributed by atoms with Gasteiger partial charge < -0.3 is 0 Å². The van der Waals surface area contributed by atoms with Crippen LogP contribution in [0.5, 0.6) is 0 Å². The minimum absolute atomic E-state index is 0.379. The molecule has 0 atom stereocenters. The third-order valence-corrected chi connectivity index (χ3v) is 3.36. The quantitative estimate of drug-likeness (QED) is 0.443. The average Bonchev–Trinajstić information content (AvgIpc) is 2.30. The highest BCUT2D eigenvalue weighted by Crippen LogP contribution is 2.32. The van der Waals surface area contributed by atoms with Crippen LogP contribution in [0.25, 0.3) is 10.4 Å². The number of amides is 1. The number of carbonyl (C=O) groups is 1. The molecule has 0 aliphatic rings. The molecule has 0 radical (unpaired) electrons. The molecule has 0 fully saturated rings. The molecule has 0 aliphatic carbocycles. The first-order chi connectivity index (χ1) is 5.65. The van der Waals surface area contributed by atoms with Crippen LogP contribution in [0.1, 0.15) is 10.4 Å². The van der Waals surface area contributed by atoms with Gasteiger partial charge in [-0.1, -0.05) is 0 Å². The van der Waals surface area contributed by atoms with Gasteiger partial charge in [0.25, 0.3) is 5.91 Å². The van der Waals surface area contributed by atoms with Crippen LogP contribution in [0.4, 0.5) is 0 Å². The van der Waals surface area contributed by atoms with Gasteiger partial charge >= 0.3 is 0 Å². The lowest BCUT2D eigenvalue weighted by molar-refractivity contribution is 0.1000. The molecule has 0 bridgehead atoms. The third kappa shape index (κ3) is 2.07. The summed E-state index contributed by atoms with van der Waals surface area (Å²) >= 11 is 7.73. The molecule has 0 aromatic carbocycles. The van der Waals surface area contributed by atoms with Crippen molar-refractivity contribution in [2.45, 2.75) is 0 Å². The summed E-state index contributed by atoms with van der Waals surface area (Å²) in [7, 11) is 0. The maximum absolute atomic E-state index is 11.0. The number of azide groups is 1. The van der Waals surface area contributed by atoms with Gasteiger partial charge in [0, 0.05) is 4.91 Å². The Morgan fingerprint density at radius 1 is 1.67 bits per heavy atom. The van der Waals surface area contributed by atoms with E-state index >= 15 is 0 Å². The van der Waals surface area contributed by atoms with Crippen molar-refractivity contribution in [1.82, 2.24) is 0 Å². The van der Waals surface area contributed by atoms with Gasteiger partial charge in [-0.3, -0.25) is 4.79 Å². The van der Waals surface area contributed by atoms with E-state index in [-0.39, 0.29) is 0 Å². The summed E-state index contributed by atoms with van der Waals surface area (Å²) in [5.74, 6) is -0.577. The van der Waals surface area contributed by atoms with E-state index in [0.29, 0.717) is 9.35 Å². The molecule has 0 saturated carbocycles. The Kier molecular flexibility index (Phi) is 3.28. The summed E-state index contributed by atoms with van der Waals surface area (Å²) in [5.41, 5.74) is 8.39. The van der Waals surface area contributed by atoms with Gasteiger partial charge in [0.15, 0.2) is 0 Å². The second kappa shape index (κ2) is 4.04. The predicted molar refractivity (Wildman–Crippen MR) is 53.2 cm³/mol. The molecule has 1 aromatic rings. The van der Waals surface area contributed by atoms with Gasteiger partial charge in [-0.15, -0.1) is 11.3 Å². The lowest BCUT2D eigenvalue weighted by Crippen LogP contribution is -1.89. The van der Waals surface area contributed by atoms with Crippen molar-refractivity contribution >= 4 is 49.1 Å². The second-order valence-corrected chi connectivity index (χ2v) is 5.48. The molecule has 1 aromatic heterocycles. The van der Waals surface area contributed by atoms with Gasteiger partial charge in [-0.2, -0.15) is 0 Å². The van der Waals surface area contributed by atoms with Crippen molar-refractivity contribution in [2.75, 3.05) is 0 Å². The van der Waals surface area contributed by atoms with Crippen LogP contribution in [0, 0.1) is 0 Å². The average molecular weight is 311 g/mol. The first-order valence-corrected chi connectivity index (χ1v) is 5.09. The van der Waals surface area contributed by atoms with E-state index in [2.05, 4.69) is 41.9 Å². The van der Waals surface area contributed by atoms with E-state index < -0.39 is 5.91 Å². The van der Waals surface area contributed by atoms with Crippen LogP contribution >= 0.6 is 43.2 Å². The van der Waals surface area contributed by atoms with Crippen LogP contribution in [0.15, 0.2) is 18.8 Å². The standard InChI is InChI=1S/C5HBr2N3OS/c6-3-1-2(4(7)12-3)5(11)9-10-8/h1H. The SMILES string of the molecule is [N-]=[N+]=NC(=O)c1cc(Br)sc1Br. The molecular weight excluding hydrogens is 310 g/mol. The van der Waals surface area contributed by atoms with Crippen LogP contribution in [0.2, 0.25) is 0 Å². The highest BCUT2D eigenvalue weighted by molar-refractivity contribution is 9.12. The molecule has 4 nitrogen and oxygen atoms in total. The molecule has 0 saturated heterocycles. The molecule has 1 rings (SSSR count). The molecule has 1 heterocycles. The number of hydrogen-bond acceptors (Lipinski definition) is 2. The molecule has 0 unspecified atom stereocenters. The minimum atomic E-state index is -0.577. The van der Waals surface area contributed by atoms with Gasteiger partial charge in [0.05, 0.1) is 13.1 Å². The summed E-state index contributed by atoms with van der Waals surface area (Å²) in [6.07, 6.45) is 0. The second-order valence-electron chi connectivity index (χ2n) is 1.73. The van der Waals surface area contributed by atoms with Crippen molar-refractivity contribution in [1.29, 1.82) is 0 Å². The summed E-state index contributed by atoms with van der Waals surface area (Å²) in [5, 5.41) is 2.97. The summed E-state index contributed by atoms with van der Waals surface area (Å²) in [6.45, 7) is 0. The Labute approximate surface area is 88.5 Å². The van der Waals surface area contributed by atoms with E-state index in [1.807, 2.05) is 0 Å². The van der Waals surface area contributed by atoms with E-state index in [9.17, 15) is 4.79 Å². The Balaban J connectivity index is 3.10. The van der Waals surface area contributed by atoms with Crippen molar-refractivity contribution in [3.05, 3.63) is 29.6 Å². The zero-order valence-electron chi connectivity index (χ0n) is 5.49. The Morgan fingerprint density at radius 2 is 2.33 bits per heavy atom. The van der Waals surface area contributed by atoms with E-state index in [0.717, 1.165) is 3.79 Å². The first-order valence-electron chi connectivity index (χ1n) is 2.69. The predicted octanol–water partition coefficient (Wildman–Crippen LogP) is 3.72. The van der Waals surface area contributed by atoms with E-state index in [4.69, 9.17) is 5.53 Å². The lowest BCUT2D eigenvalue weighted by atomic mass is 10.3. The Bertz CT molecular complexity index is 369. The topological polar surface area (TPSA) is 65.8 Å². The van der Waals surface area contributed by atoms with Crippen molar-refractivity contribution < 1.29 is 4.79 Å². The normalized spacial score (nSPS) is 9.17. The van der Waals surface area contributed by atoms with Crippen LogP contribution in [-0.4, -0.2) is 5.91 Å². The Hall–Kier alpha value is -0.360. The fourth-order valence-electron chi connectivity index (χ4n) is 0.581. The molecule has 7 heteroatoms.